The first-order valence-electron chi connectivity index (χ1n) is 5.07. The van der Waals surface area contributed by atoms with Crippen LogP contribution in [-0.2, 0) is 0 Å². The Bertz CT molecular complexity index is 406. The zero-order valence-corrected chi connectivity index (χ0v) is 9.92. The predicted octanol–water partition coefficient (Wildman–Crippen LogP) is 2.32. The van der Waals surface area contributed by atoms with Crippen molar-refractivity contribution >= 4 is 5.78 Å². The maximum atomic E-state index is 11.6. The number of benzene rings is 1. The second-order valence-electron chi connectivity index (χ2n) is 3.63. The third-order valence-electron chi connectivity index (χ3n) is 2.67. The van der Waals surface area contributed by atoms with Gasteiger partial charge in [-0.05, 0) is 13.8 Å². The van der Waals surface area contributed by atoms with E-state index in [1.54, 1.807) is 20.8 Å². The molecule has 0 radical (unpaired) electrons. The molecule has 4 heteroatoms. The summed E-state index contributed by atoms with van der Waals surface area (Å²) in [4.78, 5) is 11.6. The lowest BCUT2D eigenvalue weighted by atomic mass is 9.98. The van der Waals surface area contributed by atoms with E-state index in [2.05, 4.69) is 0 Å². The van der Waals surface area contributed by atoms with E-state index in [1.807, 2.05) is 0 Å². The number of hydrogen-bond acceptors (Lipinski definition) is 4. The van der Waals surface area contributed by atoms with E-state index >= 15 is 0 Å². The number of ether oxygens (including phenoxy) is 1. The van der Waals surface area contributed by atoms with Gasteiger partial charge in [-0.1, -0.05) is 6.92 Å². The summed E-state index contributed by atoms with van der Waals surface area (Å²) in [5.41, 5.74) is 0.919. The minimum Gasteiger partial charge on any atom is -0.507 e. The highest BCUT2D eigenvalue weighted by Gasteiger charge is 2.23. The molecule has 0 spiro atoms. The molecule has 0 aliphatic heterocycles. The lowest BCUT2D eigenvalue weighted by molar-refractivity contribution is 0.0982. The van der Waals surface area contributed by atoms with E-state index in [-0.39, 0.29) is 29.3 Å². The molecule has 0 heterocycles. The fourth-order valence-corrected chi connectivity index (χ4v) is 1.73. The molecule has 0 aliphatic carbocycles. The monoisotopic (exact) mass is 224 g/mol. The molecule has 0 fully saturated rings. The van der Waals surface area contributed by atoms with Crippen molar-refractivity contribution in [3.63, 3.8) is 0 Å². The van der Waals surface area contributed by atoms with Crippen LogP contribution in [-0.4, -0.2) is 23.1 Å². The summed E-state index contributed by atoms with van der Waals surface area (Å²) < 4.78 is 5.07. The van der Waals surface area contributed by atoms with Crippen LogP contribution in [0, 0.1) is 13.8 Å². The molecule has 2 N–H and O–H groups in total. The summed E-state index contributed by atoms with van der Waals surface area (Å²) in [6.07, 6.45) is 0.229. The number of carbonyl (C=O) groups is 1. The number of rotatable bonds is 3. The summed E-state index contributed by atoms with van der Waals surface area (Å²) in [5.74, 6) is -0.287. The minimum atomic E-state index is -0.288. The second kappa shape index (κ2) is 4.43. The van der Waals surface area contributed by atoms with Crippen molar-refractivity contribution in [2.75, 3.05) is 7.11 Å². The van der Waals surface area contributed by atoms with Crippen LogP contribution in [0.25, 0.3) is 0 Å². The smallest absolute Gasteiger partial charge is 0.170 e. The van der Waals surface area contributed by atoms with Crippen molar-refractivity contribution < 1.29 is 19.7 Å². The number of methoxy groups -OCH3 is 1. The van der Waals surface area contributed by atoms with Crippen molar-refractivity contribution in [2.45, 2.75) is 27.2 Å². The van der Waals surface area contributed by atoms with Gasteiger partial charge < -0.3 is 14.9 Å². The van der Waals surface area contributed by atoms with Gasteiger partial charge in [0.1, 0.15) is 22.8 Å². The van der Waals surface area contributed by atoms with Crippen LogP contribution < -0.4 is 4.74 Å². The second-order valence-corrected chi connectivity index (χ2v) is 3.63. The van der Waals surface area contributed by atoms with E-state index in [1.165, 1.54) is 7.11 Å². The quantitative estimate of drug-likeness (QED) is 0.773. The highest BCUT2D eigenvalue weighted by molar-refractivity contribution is 6.02. The van der Waals surface area contributed by atoms with Crippen LogP contribution in [0.15, 0.2) is 0 Å². The van der Waals surface area contributed by atoms with Crippen LogP contribution in [0.5, 0.6) is 17.2 Å². The summed E-state index contributed by atoms with van der Waals surface area (Å²) in [5, 5.41) is 19.7. The van der Waals surface area contributed by atoms with Crippen LogP contribution in [0.2, 0.25) is 0 Å². The molecule has 0 amide bonds. The Morgan fingerprint density at radius 3 is 1.94 bits per heavy atom. The number of carbonyl (C=O) groups excluding carboxylic acids is 1. The van der Waals surface area contributed by atoms with Crippen LogP contribution in [0.3, 0.4) is 0 Å². The average molecular weight is 224 g/mol. The predicted molar refractivity (Wildman–Crippen MR) is 60.4 cm³/mol. The van der Waals surface area contributed by atoms with Crippen molar-refractivity contribution in [2.24, 2.45) is 0 Å². The van der Waals surface area contributed by atoms with E-state index < -0.39 is 0 Å². The van der Waals surface area contributed by atoms with Crippen molar-refractivity contribution in [1.29, 1.82) is 0 Å². The van der Waals surface area contributed by atoms with Gasteiger partial charge in [0.05, 0.1) is 7.11 Å². The van der Waals surface area contributed by atoms with Crippen molar-refractivity contribution in [3.8, 4) is 17.2 Å². The van der Waals surface area contributed by atoms with E-state index in [4.69, 9.17) is 4.74 Å². The van der Waals surface area contributed by atoms with Crippen LogP contribution in [0.4, 0.5) is 0 Å². The van der Waals surface area contributed by atoms with Gasteiger partial charge in [0.2, 0.25) is 0 Å². The molecule has 0 atom stereocenters. The van der Waals surface area contributed by atoms with E-state index in [0.717, 1.165) is 0 Å². The number of ketones is 1. The molecule has 88 valence electrons. The van der Waals surface area contributed by atoms with Gasteiger partial charge in [-0.3, -0.25) is 4.79 Å². The van der Waals surface area contributed by atoms with E-state index in [9.17, 15) is 15.0 Å². The third kappa shape index (κ3) is 1.71. The molecular formula is C12H16O4. The Balaban J connectivity index is 3.60. The Labute approximate surface area is 94.5 Å². The topological polar surface area (TPSA) is 66.8 Å². The van der Waals surface area contributed by atoms with Gasteiger partial charge in [-0.25, -0.2) is 0 Å². The molecule has 1 rings (SSSR count). The maximum absolute atomic E-state index is 11.6. The molecule has 16 heavy (non-hydrogen) atoms. The minimum absolute atomic E-state index is 0.0155. The zero-order valence-electron chi connectivity index (χ0n) is 9.92. The lowest BCUT2D eigenvalue weighted by Crippen LogP contribution is -2.03. The summed E-state index contributed by atoms with van der Waals surface area (Å²) in [7, 11) is 1.45. The fraction of sp³-hybridized carbons (Fsp3) is 0.417. The Morgan fingerprint density at radius 2 is 1.62 bits per heavy atom. The molecular weight excluding hydrogens is 208 g/mol. The number of phenols is 2. The van der Waals surface area contributed by atoms with Gasteiger partial charge in [-0.2, -0.15) is 0 Å². The fourth-order valence-electron chi connectivity index (χ4n) is 1.73. The molecule has 0 saturated carbocycles. The molecule has 1 aromatic carbocycles. The molecule has 0 unspecified atom stereocenters. The summed E-state index contributed by atoms with van der Waals surface area (Å²) in [6.45, 7) is 4.97. The molecule has 1 aromatic rings. The number of phenolic OH excluding ortho intramolecular Hbond substituents is 2. The van der Waals surface area contributed by atoms with Crippen LogP contribution >= 0.6 is 0 Å². The van der Waals surface area contributed by atoms with Crippen molar-refractivity contribution in [1.82, 2.24) is 0 Å². The number of hydrogen-bond donors (Lipinski definition) is 2. The zero-order chi connectivity index (χ0) is 12.5. The first kappa shape index (κ1) is 12.4. The third-order valence-corrected chi connectivity index (χ3v) is 2.67. The first-order valence-corrected chi connectivity index (χ1v) is 5.07. The Hall–Kier alpha value is -1.71. The van der Waals surface area contributed by atoms with Crippen LogP contribution in [0.1, 0.15) is 34.8 Å². The molecule has 0 saturated heterocycles. The molecule has 0 aliphatic rings. The summed E-state index contributed by atoms with van der Waals surface area (Å²) >= 11 is 0. The molecule has 0 aromatic heterocycles. The van der Waals surface area contributed by atoms with E-state index in [0.29, 0.717) is 16.9 Å². The maximum Gasteiger partial charge on any atom is 0.170 e. The summed E-state index contributed by atoms with van der Waals surface area (Å²) in [6, 6.07) is 0. The normalized spacial score (nSPS) is 10.2. The highest BCUT2D eigenvalue weighted by Crippen LogP contribution is 2.41. The van der Waals surface area contributed by atoms with Gasteiger partial charge >= 0.3 is 0 Å². The van der Waals surface area contributed by atoms with Gasteiger partial charge in [0.15, 0.2) is 5.78 Å². The standard InChI is InChI=1S/C12H16O4/c1-5-8(13)9-10(14)6(2)12(16-4)7(3)11(9)15/h14-15H,5H2,1-4H3. The lowest BCUT2D eigenvalue weighted by Gasteiger charge is -2.15. The first-order chi connectivity index (χ1) is 7.45. The molecule has 0 bridgehead atoms. The number of aromatic hydroxyl groups is 2. The van der Waals surface area contributed by atoms with Gasteiger partial charge in [-0.15, -0.1) is 0 Å². The Kier molecular flexibility index (Phi) is 3.42. The average Bonchev–Trinajstić information content (AvgIpc) is 2.27. The van der Waals surface area contributed by atoms with Crippen molar-refractivity contribution in [3.05, 3.63) is 16.7 Å². The van der Waals surface area contributed by atoms with Gasteiger partial charge in [0, 0.05) is 17.5 Å². The SMILES string of the molecule is CCC(=O)c1c(O)c(C)c(OC)c(C)c1O. The Morgan fingerprint density at radius 1 is 1.19 bits per heavy atom. The van der Waals surface area contributed by atoms with Gasteiger partial charge in [0.25, 0.3) is 0 Å². The highest BCUT2D eigenvalue weighted by atomic mass is 16.5. The molecule has 4 nitrogen and oxygen atoms in total. The number of Topliss-reactive ketones (excluding diaryl/α,β-unsaturated/α-hetero) is 1. The largest absolute Gasteiger partial charge is 0.507 e.